The van der Waals surface area contributed by atoms with Gasteiger partial charge >= 0.3 is 6.09 Å². The zero-order valence-electron chi connectivity index (χ0n) is 11.9. The first-order valence-corrected chi connectivity index (χ1v) is 7.72. The molecule has 0 atom stereocenters. The quantitative estimate of drug-likeness (QED) is 0.796. The first-order valence-electron chi connectivity index (χ1n) is 7.72. The van der Waals surface area contributed by atoms with Crippen molar-refractivity contribution in [3.8, 4) is 0 Å². The standard InChI is InChI=1S/C14H24N2O4/c17-13(16-11-3-7-15-8-4-11)20-12-1-5-14(6-2-12)18-9-10-19-14/h11-12,15H,1-10H2,(H,16,17). The second-order valence-electron chi connectivity index (χ2n) is 5.88. The van der Waals surface area contributed by atoms with Gasteiger partial charge in [-0.05, 0) is 38.8 Å². The van der Waals surface area contributed by atoms with E-state index < -0.39 is 0 Å². The van der Waals surface area contributed by atoms with Gasteiger partial charge in [0.05, 0.1) is 13.2 Å². The van der Waals surface area contributed by atoms with E-state index in [1.165, 1.54) is 0 Å². The lowest BCUT2D eigenvalue weighted by molar-refractivity contribution is -0.187. The van der Waals surface area contributed by atoms with Gasteiger partial charge in [0, 0.05) is 18.9 Å². The fraction of sp³-hybridized carbons (Fsp3) is 0.929. The Labute approximate surface area is 119 Å². The maximum atomic E-state index is 11.9. The van der Waals surface area contributed by atoms with Gasteiger partial charge in [-0.25, -0.2) is 4.79 Å². The SMILES string of the molecule is O=C(NC1CCNCC1)OC1CCC2(CC1)OCCO2. The number of carbonyl (C=O) groups is 1. The Bertz CT molecular complexity index is 328. The van der Waals surface area contributed by atoms with Gasteiger partial charge in [0.15, 0.2) is 5.79 Å². The predicted octanol–water partition coefficient (Wildman–Crippen LogP) is 1.15. The monoisotopic (exact) mass is 284 g/mol. The number of carbonyl (C=O) groups excluding carboxylic acids is 1. The van der Waals surface area contributed by atoms with Crippen molar-refractivity contribution in [2.75, 3.05) is 26.3 Å². The van der Waals surface area contributed by atoms with Crippen molar-refractivity contribution in [1.29, 1.82) is 0 Å². The molecule has 114 valence electrons. The molecule has 0 unspecified atom stereocenters. The maximum absolute atomic E-state index is 11.9. The highest BCUT2D eigenvalue weighted by molar-refractivity contribution is 5.67. The topological polar surface area (TPSA) is 68.8 Å². The largest absolute Gasteiger partial charge is 0.446 e. The van der Waals surface area contributed by atoms with Crippen molar-refractivity contribution in [1.82, 2.24) is 10.6 Å². The van der Waals surface area contributed by atoms with E-state index >= 15 is 0 Å². The van der Waals surface area contributed by atoms with Gasteiger partial charge < -0.3 is 24.8 Å². The van der Waals surface area contributed by atoms with Crippen LogP contribution in [0.1, 0.15) is 38.5 Å². The number of piperidine rings is 1. The minimum atomic E-state index is -0.384. The van der Waals surface area contributed by atoms with Gasteiger partial charge in [-0.15, -0.1) is 0 Å². The summed E-state index contributed by atoms with van der Waals surface area (Å²) in [7, 11) is 0. The average Bonchev–Trinajstić information content (AvgIpc) is 2.91. The van der Waals surface area contributed by atoms with Crippen LogP contribution in [-0.2, 0) is 14.2 Å². The van der Waals surface area contributed by atoms with E-state index in [0.29, 0.717) is 13.2 Å². The molecule has 2 saturated heterocycles. The predicted molar refractivity (Wildman–Crippen MR) is 72.4 cm³/mol. The second kappa shape index (κ2) is 6.28. The van der Waals surface area contributed by atoms with Crippen LogP contribution in [-0.4, -0.2) is 50.3 Å². The number of rotatable bonds is 2. The van der Waals surface area contributed by atoms with Gasteiger partial charge in [0.25, 0.3) is 0 Å². The Morgan fingerprint density at radius 2 is 1.75 bits per heavy atom. The molecule has 2 aliphatic heterocycles. The summed E-state index contributed by atoms with van der Waals surface area (Å²) in [5.74, 6) is -0.384. The van der Waals surface area contributed by atoms with Crippen LogP contribution in [0, 0.1) is 0 Å². The van der Waals surface area contributed by atoms with E-state index in [-0.39, 0.29) is 24.0 Å². The lowest BCUT2D eigenvalue weighted by atomic mass is 9.92. The highest BCUT2D eigenvalue weighted by Crippen LogP contribution is 2.36. The lowest BCUT2D eigenvalue weighted by Gasteiger charge is -2.35. The van der Waals surface area contributed by atoms with Crippen molar-refractivity contribution in [3.05, 3.63) is 0 Å². The van der Waals surface area contributed by atoms with Gasteiger partial charge in [-0.1, -0.05) is 0 Å². The average molecular weight is 284 g/mol. The van der Waals surface area contributed by atoms with E-state index in [4.69, 9.17) is 14.2 Å². The molecule has 0 radical (unpaired) electrons. The fourth-order valence-corrected chi connectivity index (χ4v) is 3.25. The third kappa shape index (κ3) is 3.42. The van der Waals surface area contributed by atoms with Crippen molar-refractivity contribution >= 4 is 6.09 Å². The first kappa shape index (κ1) is 14.1. The minimum absolute atomic E-state index is 0.00450. The van der Waals surface area contributed by atoms with Crippen LogP contribution in [0.2, 0.25) is 0 Å². The van der Waals surface area contributed by atoms with Gasteiger partial charge in [0.1, 0.15) is 6.10 Å². The Morgan fingerprint density at radius 1 is 1.10 bits per heavy atom. The van der Waals surface area contributed by atoms with Crippen LogP contribution in [0.4, 0.5) is 4.79 Å². The Morgan fingerprint density at radius 3 is 2.40 bits per heavy atom. The summed E-state index contributed by atoms with van der Waals surface area (Å²) in [4.78, 5) is 11.9. The smallest absolute Gasteiger partial charge is 0.407 e. The molecule has 6 heteroatoms. The van der Waals surface area contributed by atoms with Crippen LogP contribution >= 0.6 is 0 Å². The van der Waals surface area contributed by atoms with E-state index in [1.54, 1.807) is 0 Å². The zero-order valence-corrected chi connectivity index (χ0v) is 11.9. The number of nitrogens with one attached hydrogen (secondary N) is 2. The van der Waals surface area contributed by atoms with Crippen LogP contribution in [0.3, 0.4) is 0 Å². The molecule has 1 spiro atoms. The summed E-state index contributed by atoms with van der Waals surface area (Å²) in [6.07, 6.45) is 4.95. The van der Waals surface area contributed by atoms with Gasteiger partial charge in [-0.2, -0.15) is 0 Å². The number of hydrogen-bond donors (Lipinski definition) is 2. The molecular formula is C14H24N2O4. The molecule has 3 aliphatic rings. The molecule has 2 heterocycles. The highest BCUT2D eigenvalue weighted by Gasteiger charge is 2.41. The second-order valence-corrected chi connectivity index (χ2v) is 5.88. The zero-order chi connectivity index (χ0) is 13.8. The molecule has 0 aromatic rings. The third-order valence-corrected chi connectivity index (χ3v) is 4.44. The van der Waals surface area contributed by atoms with Crippen molar-refractivity contribution < 1.29 is 19.0 Å². The molecule has 0 bridgehead atoms. The van der Waals surface area contributed by atoms with Crippen molar-refractivity contribution in [2.45, 2.75) is 56.5 Å². The summed E-state index contributed by atoms with van der Waals surface area (Å²) in [6.45, 7) is 3.29. The molecule has 0 aromatic carbocycles. The summed E-state index contributed by atoms with van der Waals surface area (Å²) in [5, 5.41) is 6.24. The van der Waals surface area contributed by atoms with E-state index in [0.717, 1.165) is 51.6 Å². The minimum Gasteiger partial charge on any atom is -0.446 e. The molecule has 2 N–H and O–H groups in total. The van der Waals surface area contributed by atoms with Gasteiger partial charge in [-0.3, -0.25) is 0 Å². The van der Waals surface area contributed by atoms with E-state index in [1.807, 2.05) is 0 Å². The molecule has 1 aliphatic carbocycles. The van der Waals surface area contributed by atoms with Crippen LogP contribution < -0.4 is 10.6 Å². The Balaban J connectivity index is 1.39. The van der Waals surface area contributed by atoms with E-state index in [2.05, 4.69) is 10.6 Å². The van der Waals surface area contributed by atoms with Crippen LogP contribution in [0.5, 0.6) is 0 Å². The van der Waals surface area contributed by atoms with Crippen LogP contribution in [0.25, 0.3) is 0 Å². The number of amides is 1. The molecule has 20 heavy (non-hydrogen) atoms. The molecular weight excluding hydrogens is 260 g/mol. The maximum Gasteiger partial charge on any atom is 0.407 e. The molecule has 3 fully saturated rings. The molecule has 1 saturated carbocycles. The fourth-order valence-electron chi connectivity index (χ4n) is 3.25. The molecule has 6 nitrogen and oxygen atoms in total. The Hall–Kier alpha value is -0.850. The summed E-state index contributed by atoms with van der Waals surface area (Å²) < 4.78 is 16.9. The summed E-state index contributed by atoms with van der Waals surface area (Å²) in [5.41, 5.74) is 0. The molecule has 1 amide bonds. The summed E-state index contributed by atoms with van der Waals surface area (Å²) >= 11 is 0. The van der Waals surface area contributed by atoms with E-state index in [9.17, 15) is 4.79 Å². The number of ether oxygens (including phenoxy) is 3. The molecule has 0 aromatic heterocycles. The first-order chi connectivity index (χ1) is 9.76. The number of alkyl carbamates (subject to hydrolysis) is 1. The summed E-state index contributed by atoms with van der Waals surface area (Å²) in [6, 6.07) is 0.250. The molecule has 3 rings (SSSR count). The highest BCUT2D eigenvalue weighted by atomic mass is 16.7. The normalized spacial score (nSPS) is 27.6. The lowest BCUT2D eigenvalue weighted by Crippen LogP contribution is -2.45. The third-order valence-electron chi connectivity index (χ3n) is 4.44. The van der Waals surface area contributed by atoms with Gasteiger partial charge in [0.2, 0.25) is 0 Å². The van der Waals surface area contributed by atoms with Crippen LogP contribution in [0.15, 0.2) is 0 Å². The Kier molecular flexibility index (Phi) is 4.43. The van der Waals surface area contributed by atoms with Crippen molar-refractivity contribution in [3.63, 3.8) is 0 Å². The van der Waals surface area contributed by atoms with Crippen molar-refractivity contribution in [2.24, 2.45) is 0 Å². The number of hydrogen-bond acceptors (Lipinski definition) is 5.